The van der Waals surface area contributed by atoms with Crippen molar-refractivity contribution in [1.82, 2.24) is 5.32 Å². The zero-order valence-electron chi connectivity index (χ0n) is 8.83. The van der Waals surface area contributed by atoms with Crippen molar-refractivity contribution in [3.63, 3.8) is 0 Å². The highest BCUT2D eigenvalue weighted by Crippen LogP contribution is 2.15. The molecular weight excluding hydrogens is 170 g/mol. The molecule has 0 heterocycles. The summed E-state index contributed by atoms with van der Waals surface area (Å²) >= 11 is 0. The minimum atomic E-state index is -0.645. The standard InChI is InChI=1S/C8H20N3O2/c1-7(2,12-5-9)11-8(3,4)13-6-10/h5-6,9-10H2,1-4H3. The molecule has 0 spiro atoms. The molecule has 0 aromatic carbocycles. The molecule has 0 saturated heterocycles. The summed E-state index contributed by atoms with van der Waals surface area (Å²) in [6, 6.07) is 0. The monoisotopic (exact) mass is 190 g/mol. The predicted molar refractivity (Wildman–Crippen MR) is 50.6 cm³/mol. The predicted octanol–water partition coefficient (Wildman–Crippen LogP) is -0.0714. The first-order valence-corrected chi connectivity index (χ1v) is 4.25. The van der Waals surface area contributed by atoms with Crippen LogP contribution in [0, 0.1) is 0 Å². The summed E-state index contributed by atoms with van der Waals surface area (Å²) < 4.78 is 10.4. The number of hydrogen-bond donors (Lipinski definition) is 2. The van der Waals surface area contributed by atoms with E-state index >= 15 is 0 Å². The number of nitrogens with two attached hydrogens (primary N) is 2. The maximum Gasteiger partial charge on any atom is 0.133 e. The summed E-state index contributed by atoms with van der Waals surface area (Å²) in [7, 11) is 0. The molecule has 0 aromatic heterocycles. The van der Waals surface area contributed by atoms with Gasteiger partial charge >= 0.3 is 0 Å². The minimum absolute atomic E-state index is 0.134. The Kier molecular flexibility index (Phi) is 4.80. The number of hydrogen-bond acceptors (Lipinski definition) is 4. The van der Waals surface area contributed by atoms with Crippen LogP contribution in [0.25, 0.3) is 0 Å². The van der Waals surface area contributed by atoms with Gasteiger partial charge in [0.25, 0.3) is 0 Å². The summed E-state index contributed by atoms with van der Waals surface area (Å²) in [6.07, 6.45) is 0. The van der Waals surface area contributed by atoms with Crippen LogP contribution >= 0.6 is 0 Å². The molecule has 0 aliphatic rings. The van der Waals surface area contributed by atoms with E-state index in [9.17, 15) is 0 Å². The van der Waals surface area contributed by atoms with E-state index in [4.69, 9.17) is 20.9 Å². The van der Waals surface area contributed by atoms with Crippen molar-refractivity contribution >= 4 is 0 Å². The van der Waals surface area contributed by atoms with Gasteiger partial charge in [-0.15, -0.1) is 0 Å². The van der Waals surface area contributed by atoms with Crippen LogP contribution in [0.4, 0.5) is 0 Å². The van der Waals surface area contributed by atoms with Gasteiger partial charge in [-0.3, -0.25) is 0 Å². The van der Waals surface area contributed by atoms with Gasteiger partial charge in [0.2, 0.25) is 0 Å². The van der Waals surface area contributed by atoms with Gasteiger partial charge < -0.3 is 20.9 Å². The van der Waals surface area contributed by atoms with Crippen LogP contribution in [0.2, 0.25) is 0 Å². The third-order valence-electron chi connectivity index (χ3n) is 1.41. The first-order valence-electron chi connectivity index (χ1n) is 4.25. The van der Waals surface area contributed by atoms with E-state index in [1.165, 1.54) is 0 Å². The Labute approximate surface area is 79.8 Å². The molecule has 0 amide bonds. The van der Waals surface area contributed by atoms with Crippen LogP contribution in [0.15, 0.2) is 0 Å². The average Bonchev–Trinajstić information content (AvgIpc) is 1.82. The molecule has 0 aliphatic carbocycles. The van der Waals surface area contributed by atoms with Crippen molar-refractivity contribution < 1.29 is 9.47 Å². The van der Waals surface area contributed by atoms with Gasteiger partial charge in [0.1, 0.15) is 11.4 Å². The molecule has 0 aromatic rings. The summed E-state index contributed by atoms with van der Waals surface area (Å²) in [5.74, 6) is 0. The Morgan fingerprint density at radius 3 is 1.46 bits per heavy atom. The van der Waals surface area contributed by atoms with Gasteiger partial charge in [0, 0.05) is 0 Å². The van der Waals surface area contributed by atoms with Crippen molar-refractivity contribution in [2.24, 2.45) is 11.5 Å². The van der Waals surface area contributed by atoms with E-state index in [0.717, 1.165) is 0 Å². The first kappa shape index (κ1) is 12.8. The van der Waals surface area contributed by atoms with Crippen molar-refractivity contribution in [2.75, 3.05) is 13.5 Å². The Hall–Kier alpha value is -0.200. The van der Waals surface area contributed by atoms with E-state index in [1.807, 2.05) is 27.7 Å². The summed E-state index contributed by atoms with van der Waals surface area (Å²) in [6.45, 7) is 7.55. The summed E-state index contributed by atoms with van der Waals surface area (Å²) in [5.41, 5.74) is 9.23. The molecule has 0 aliphatic heterocycles. The van der Waals surface area contributed by atoms with Crippen molar-refractivity contribution in [1.29, 1.82) is 0 Å². The van der Waals surface area contributed by atoms with Gasteiger partial charge in [-0.1, -0.05) is 0 Å². The lowest BCUT2D eigenvalue weighted by molar-refractivity contribution is -0.133. The molecule has 0 atom stereocenters. The van der Waals surface area contributed by atoms with E-state index in [-0.39, 0.29) is 13.5 Å². The molecule has 0 saturated carbocycles. The second kappa shape index (κ2) is 4.88. The fraction of sp³-hybridized carbons (Fsp3) is 1.00. The Bertz CT molecular complexity index is 132. The maximum absolute atomic E-state index is 5.26. The van der Waals surface area contributed by atoms with Gasteiger partial charge in [0.15, 0.2) is 0 Å². The van der Waals surface area contributed by atoms with E-state index < -0.39 is 11.4 Å². The van der Waals surface area contributed by atoms with Crippen LogP contribution in [0.3, 0.4) is 0 Å². The van der Waals surface area contributed by atoms with Gasteiger partial charge in [-0.25, -0.2) is 0 Å². The first-order chi connectivity index (χ1) is 5.83. The third-order valence-corrected chi connectivity index (χ3v) is 1.41. The highest BCUT2D eigenvalue weighted by Gasteiger charge is 2.30. The number of ether oxygens (including phenoxy) is 2. The quantitative estimate of drug-likeness (QED) is 0.574. The number of rotatable bonds is 6. The average molecular weight is 190 g/mol. The molecule has 13 heavy (non-hydrogen) atoms. The zero-order chi connectivity index (χ0) is 10.5. The van der Waals surface area contributed by atoms with Crippen LogP contribution in [-0.2, 0) is 9.47 Å². The second-order valence-corrected chi connectivity index (χ2v) is 3.63. The molecule has 5 nitrogen and oxygen atoms in total. The zero-order valence-corrected chi connectivity index (χ0v) is 8.83. The third kappa shape index (κ3) is 5.95. The molecule has 79 valence electrons. The summed E-state index contributed by atoms with van der Waals surface area (Å²) in [5, 5.41) is 4.32. The Morgan fingerprint density at radius 1 is 0.923 bits per heavy atom. The van der Waals surface area contributed by atoms with Crippen LogP contribution < -0.4 is 16.8 Å². The molecule has 5 heteroatoms. The van der Waals surface area contributed by atoms with Crippen LogP contribution in [0.5, 0.6) is 0 Å². The van der Waals surface area contributed by atoms with Gasteiger partial charge in [-0.05, 0) is 27.7 Å². The number of nitrogens with zero attached hydrogens (tertiary/aromatic N) is 1. The van der Waals surface area contributed by atoms with E-state index in [2.05, 4.69) is 5.32 Å². The van der Waals surface area contributed by atoms with Crippen molar-refractivity contribution in [2.45, 2.75) is 39.1 Å². The Morgan fingerprint density at radius 2 is 1.23 bits per heavy atom. The van der Waals surface area contributed by atoms with Crippen molar-refractivity contribution in [3.05, 3.63) is 0 Å². The Balaban J connectivity index is 4.07. The molecule has 0 fully saturated rings. The minimum Gasteiger partial charge on any atom is -0.345 e. The van der Waals surface area contributed by atoms with Crippen molar-refractivity contribution in [3.8, 4) is 0 Å². The van der Waals surface area contributed by atoms with Crippen LogP contribution in [-0.4, -0.2) is 24.9 Å². The highest BCUT2D eigenvalue weighted by molar-refractivity contribution is 4.74. The molecule has 1 radical (unpaired) electrons. The highest BCUT2D eigenvalue weighted by atomic mass is 16.5. The molecule has 0 rings (SSSR count). The van der Waals surface area contributed by atoms with Crippen LogP contribution in [0.1, 0.15) is 27.7 Å². The van der Waals surface area contributed by atoms with E-state index in [0.29, 0.717) is 0 Å². The fourth-order valence-corrected chi connectivity index (χ4v) is 1.12. The lowest BCUT2D eigenvalue weighted by atomic mass is 10.2. The van der Waals surface area contributed by atoms with E-state index in [1.54, 1.807) is 0 Å². The topological polar surface area (TPSA) is 84.6 Å². The fourth-order valence-electron chi connectivity index (χ4n) is 1.12. The molecule has 4 N–H and O–H groups in total. The largest absolute Gasteiger partial charge is 0.345 e. The molecule has 0 bridgehead atoms. The molecule has 0 unspecified atom stereocenters. The second-order valence-electron chi connectivity index (χ2n) is 3.63. The smallest absolute Gasteiger partial charge is 0.133 e. The van der Waals surface area contributed by atoms with Gasteiger partial charge in [0.05, 0.1) is 13.5 Å². The normalized spacial score (nSPS) is 13.4. The lowest BCUT2D eigenvalue weighted by Crippen LogP contribution is -2.50. The molecular formula is C8H20N3O2. The van der Waals surface area contributed by atoms with Gasteiger partial charge in [-0.2, -0.15) is 5.32 Å². The summed E-state index contributed by atoms with van der Waals surface area (Å²) in [4.78, 5) is 0. The maximum atomic E-state index is 5.26. The lowest BCUT2D eigenvalue weighted by Gasteiger charge is -2.33. The SMILES string of the molecule is CC(C)([N]C(C)(C)OCN)OCN.